The normalized spacial score (nSPS) is 11.9. The summed E-state index contributed by atoms with van der Waals surface area (Å²) in [4.78, 5) is 17.9. The van der Waals surface area contributed by atoms with Gasteiger partial charge in [-0.3, -0.25) is 9.13 Å². The van der Waals surface area contributed by atoms with Crippen LogP contribution < -0.4 is 5.69 Å². The van der Waals surface area contributed by atoms with E-state index in [0.717, 1.165) is 16.3 Å². The van der Waals surface area contributed by atoms with Crippen molar-refractivity contribution in [2.45, 2.75) is 32.6 Å². The van der Waals surface area contributed by atoms with Crippen molar-refractivity contribution < 1.29 is 13.2 Å². The molecule has 5 rings (SSSR count). The van der Waals surface area contributed by atoms with E-state index in [9.17, 15) is 18.0 Å². The van der Waals surface area contributed by atoms with Gasteiger partial charge in [-0.25, -0.2) is 14.5 Å². The molecule has 0 saturated heterocycles. The van der Waals surface area contributed by atoms with Crippen molar-refractivity contribution in [3.8, 4) is 16.9 Å². The second kappa shape index (κ2) is 8.86. The number of rotatable bonds is 6. The Morgan fingerprint density at radius 3 is 2.29 bits per heavy atom. The summed E-state index contributed by atoms with van der Waals surface area (Å²) in [5.41, 5.74) is 0.0503. The second-order valence-electron chi connectivity index (χ2n) is 8.10. The zero-order chi connectivity index (χ0) is 24.6. The fraction of sp³-hybridized carbons (Fsp3) is 0.200. The number of fused-ring (bicyclic) bond motifs is 1. The molecule has 0 amide bonds. The number of hydrogen-bond donors (Lipinski definition) is 0. The van der Waals surface area contributed by atoms with Crippen LogP contribution >= 0.6 is 0 Å². The fourth-order valence-electron chi connectivity index (χ4n) is 4.10. The van der Waals surface area contributed by atoms with Gasteiger partial charge >= 0.3 is 11.9 Å². The number of nitrogens with zero attached hydrogens (tertiary/aromatic N) is 6. The molecule has 0 aliphatic heterocycles. The number of aromatic nitrogens is 6. The van der Waals surface area contributed by atoms with E-state index >= 15 is 0 Å². The van der Waals surface area contributed by atoms with Gasteiger partial charge in [-0.05, 0) is 24.6 Å². The van der Waals surface area contributed by atoms with Crippen molar-refractivity contribution >= 4 is 11.2 Å². The summed E-state index contributed by atoms with van der Waals surface area (Å²) in [7, 11) is 0. The van der Waals surface area contributed by atoms with E-state index in [1.54, 1.807) is 36.5 Å². The van der Waals surface area contributed by atoms with Gasteiger partial charge in [0.15, 0.2) is 5.65 Å². The molecule has 0 saturated carbocycles. The highest BCUT2D eigenvalue weighted by molar-refractivity contribution is 5.81. The number of alkyl halides is 3. The van der Waals surface area contributed by atoms with Crippen LogP contribution in [0.15, 0.2) is 77.7 Å². The number of hydrogen-bond acceptors (Lipinski definition) is 4. The van der Waals surface area contributed by atoms with E-state index in [0.29, 0.717) is 17.7 Å². The summed E-state index contributed by atoms with van der Waals surface area (Å²) in [6.45, 7) is 1.92. The SMILES string of the molecule is CCCn1c(=O)n(Cc2cn(-c3ccccc3)nn2)c2c(C(F)(F)F)cc(-c3ccccc3)nc21. The lowest BCUT2D eigenvalue weighted by molar-refractivity contribution is -0.136. The molecule has 2 aromatic carbocycles. The van der Waals surface area contributed by atoms with Crippen LogP contribution in [0.2, 0.25) is 0 Å². The molecule has 7 nitrogen and oxygen atoms in total. The third-order valence-electron chi connectivity index (χ3n) is 5.67. The third-order valence-corrected chi connectivity index (χ3v) is 5.67. The summed E-state index contributed by atoms with van der Waals surface area (Å²) < 4.78 is 46.8. The summed E-state index contributed by atoms with van der Waals surface area (Å²) in [6, 6.07) is 18.8. The minimum atomic E-state index is -4.70. The smallest absolute Gasteiger partial charge is 0.284 e. The van der Waals surface area contributed by atoms with E-state index in [2.05, 4.69) is 15.3 Å². The molecule has 0 aliphatic carbocycles. The van der Waals surface area contributed by atoms with Gasteiger partial charge in [-0.2, -0.15) is 13.2 Å². The first-order valence-corrected chi connectivity index (χ1v) is 11.1. The molecule has 0 N–H and O–H groups in total. The summed E-state index contributed by atoms with van der Waals surface area (Å²) >= 11 is 0. The Morgan fingerprint density at radius 2 is 1.63 bits per heavy atom. The Kier molecular flexibility index (Phi) is 5.72. The first-order chi connectivity index (χ1) is 16.9. The highest BCUT2D eigenvalue weighted by atomic mass is 19.4. The van der Waals surface area contributed by atoms with Crippen LogP contribution in [0.1, 0.15) is 24.6 Å². The molecule has 5 aromatic rings. The van der Waals surface area contributed by atoms with E-state index < -0.39 is 17.4 Å². The first-order valence-electron chi connectivity index (χ1n) is 11.1. The van der Waals surface area contributed by atoms with Crippen molar-refractivity contribution in [2.75, 3.05) is 0 Å². The zero-order valence-corrected chi connectivity index (χ0v) is 18.8. The van der Waals surface area contributed by atoms with Gasteiger partial charge in [-0.15, -0.1) is 5.10 Å². The Morgan fingerprint density at radius 1 is 0.943 bits per heavy atom. The van der Waals surface area contributed by atoms with Gasteiger partial charge in [0.05, 0.1) is 29.7 Å². The van der Waals surface area contributed by atoms with Crippen molar-refractivity contribution in [3.63, 3.8) is 0 Å². The highest BCUT2D eigenvalue weighted by Gasteiger charge is 2.37. The number of benzene rings is 2. The van der Waals surface area contributed by atoms with Crippen molar-refractivity contribution in [1.29, 1.82) is 0 Å². The Balaban J connectivity index is 1.70. The lowest BCUT2D eigenvalue weighted by atomic mass is 10.1. The maximum Gasteiger partial charge on any atom is 0.418 e. The molecule has 0 unspecified atom stereocenters. The summed E-state index contributed by atoms with van der Waals surface area (Å²) in [6.07, 6.45) is -2.54. The van der Waals surface area contributed by atoms with Gasteiger partial charge in [0.25, 0.3) is 0 Å². The molecule has 0 fully saturated rings. The maximum absolute atomic E-state index is 14.3. The van der Waals surface area contributed by atoms with Crippen molar-refractivity contribution in [2.24, 2.45) is 0 Å². The van der Waals surface area contributed by atoms with E-state index in [1.165, 1.54) is 9.25 Å². The van der Waals surface area contributed by atoms with Gasteiger partial charge in [0, 0.05) is 12.1 Å². The van der Waals surface area contributed by atoms with Crippen LogP contribution in [0, 0.1) is 0 Å². The van der Waals surface area contributed by atoms with Gasteiger partial charge in [-0.1, -0.05) is 60.7 Å². The average Bonchev–Trinajstić information content (AvgIpc) is 3.43. The minimum absolute atomic E-state index is 0.000907. The highest BCUT2D eigenvalue weighted by Crippen LogP contribution is 2.36. The number of para-hydroxylation sites is 1. The number of pyridine rings is 1. The lowest BCUT2D eigenvalue weighted by Crippen LogP contribution is -2.25. The molecule has 10 heteroatoms. The average molecular weight is 478 g/mol. The monoisotopic (exact) mass is 478 g/mol. The number of halogens is 3. The second-order valence-corrected chi connectivity index (χ2v) is 8.10. The first kappa shape index (κ1) is 22.6. The molecule has 0 bridgehead atoms. The molecule has 0 aliphatic rings. The van der Waals surface area contributed by atoms with E-state index in [4.69, 9.17) is 0 Å². The number of aryl methyl sites for hydroxylation is 1. The molecule has 3 heterocycles. The zero-order valence-electron chi connectivity index (χ0n) is 18.8. The molecule has 0 spiro atoms. The Labute approximate surface area is 198 Å². The molecule has 0 atom stereocenters. The molecule has 35 heavy (non-hydrogen) atoms. The predicted octanol–water partition coefficient (Wildman–Crippen LogP) is 4.92. The Hall–Kier alpha value is -4.21. The van der Waals surface area contributed by atoms with Crippen molar-refractivity contribution in [3.05, 3.63) is 94.7 Å². The summed E-state index contributed by atoms with van der Waals surface area (Å²) in [5.74, 6) is 0. The third kappa shape index (κ3) is 4.23. The summed E-state index contributed by atoms with van der Waals surface area (Å²) in [5, 5.41) is 8.16. The van der Waals surface area contributed by atoms with Gasteiger partial charge < -0.3 is 0 Å². The lowest BCUT2D eigenvalue weighted by Gasteiger charge is -2.12. The maximum atomic E-state index is 14.3. The van der Waals surface area contributed by atoms with Crippen LogP contribution in [0.25, 0.3) is 28.1 Å². The van der Waals surface area contributed by atoms with Crippen LogP contribution in [0.4, 0.5) is 13.2 Å². The van der Waals surface area contributed by atoms with Gasteiger partial charge in [0.1, 0.15) is 11.2 Å². The van der Waals surface area contributed by atoms with Gasteiger partial charge in [0.2, 0.25) is 0 Å². The molecular weight excluding hydrogens is 457 g/mol. The van der Waals surface area contributed by atoms with Crippen LogP contribution in [-0.2, 0) is 19.3 Å². The standard InChI is InChI=1S/C25H21F3N6O/c1-2-13-32-23-22(20(25(26,27)28)14-21(29-23)17-9-5-3-6-10-17)33(24(32)35)15-18-16-34(31-30-18)19-11-7-4-8-12-19/h3-12,14,16H,2,13,15H2,1H3. The topological polar surface area (TPSA) is 70.5 Å². The van der Waals surface area contributed by atoms with Crippen LogP contribution in [-0.4, -0.2) is 29.1 Å². The van der Waals surface area contributed by atoms with Crippen LogP contribution in [0.3, 0.4) is 0 Å². The quantitative estimate of drug-likeness (QED) is 0.347. The predicted molar refractivity (Wildman–Crippen MR) is 125 cm³/mol. The van der Waals surface area contributed by atoms with E-state index in [1.807, 2.05) is 37.3 Å². The minimum Gasteiger partial charge on any atom is -0.284 e. The molecular formula is C25H21F3N6O. The Bertz CT molecular complexity index is 1540. The molecule has 178 valence electrons. The van der Waals surface area contributed by atoms with Crippen molar-refractivity contribution in [1.82, 2.24) is 29.1 Å². The molecule has 0 radical (unpaired) electrons. The largest absolute Gasteiger partial charge is 0.418 e. The van der Waals surface area contributed by atoms with E-state index in [-0.39, 0.29) is 29.9 Å². The van der Waals surface area contributed by atoms with Crippen LogP contribution in [0.5, 0.6) is 0 Å². The molecule has 3 aromatic heterocycles. The number of imidazole rings is 1. The fourth-order valence-corrected chi connectivity index (χ4v) is 4.10.